The number of hydrogen-bond acceptors (Lipinski definition) is 6. The molecule has 0 spiro atoms. The lowest BCUT2D eigenvalue weighted by molar-refractivity contribution is 0.0714. The summed E-state index contributed by atoms with van der Waals surface area (Å²) in [5.74, 6) is 1.18. The number of fused-ring (bicyclic) bond motifs is 2. The summed E-state index contributed by atoms with van der Waals surface area (Å²) in [5, 5.41) is 14.2. The Bertz CT molecular complexity index is 1170. The largest absolute Gasteiger partial charge is 0.395 e. The first-order valence-electron chi connectivity index (χ1n) is 10.6. The van der Waals surface area contributed by atoms with E-state index in [-0.39, 0.29) is 30.7 Å². The van der Waals surface area contributed by atoms with Crippen LogP contribution in [0, 0.1) is 0 Å². The normalized spacial score (nSPS) is 18.7. The average Bonchev–Trinajstić information content (AvgIpc) is 3.42. The van der Waals surface area contributed by atoms with E-state index in [4.69, 9.17) is 9.51 Å². The maximum atomic E-state index is 13.4. The molecule has 3 heterocycles. The maximum Gasteiger partial charge on any atom is 0.276 e. The molecule has 2 aromatic heterocycles. The lowest BCUT2D eigenvalue weighted by Gasteiger charge is -2.26. The number of para-hydroxylation sites is 1. The molecule has 1 aromatic carbocycles. The van der Waals surface area contributed by atoms with Gasteiger partial charge < -0.3 is 14.5 Å². The van der Waals surface area contributed by atoms with Gasteiger partial charge in [0.25, 0.3) is 11.5 Å². The number of hydrogen-bond donors (Lipinski definition) is 1. The van der Waals surface area contributed by atoms with Crippen LogP contribution in [-0.2, 0) is 19.4 Å². The van der Waals surface area contributed by atoms with Crippen LogP contribution in [0.15, 0.2) is 33.6 Å². The number of aliphatic hydroxyl groups excluding tert-OH is 1. The van der Waals surface area contributed by atoms with Crippen LogP contribution in [-0.4, -0.2) is 43.8 Å². The molecule has 156 valence electrons. The van der Waals surface area contributed by atoms with Gasteiger partial charge in [-0.05, 0) is 44.2 Å². The van der Waals surface area contributed by atoms with Crippen LogP contribution in [0.25, 0.3) is 10.9 Å². The van der Waals surface area contributed by atoms with E-state index in [1.165, 1.54) is 4.57 Å². The van der Waals surface area contributed by atoms with Gasteiger partial charge in [-0.1, -0.05) is 17.3 Å². The third-order valence-electron chi connectivity index (χ3n) is 6.18. The van der Waals surface area contributed by atoms with Gasteiger partial charge in [-0.15, -0.1) is 0 Å². The molecule has 1 N–H and O–H groups in total. The highest BCUT2D eigenvalue weighted by atomic mass is 16.5. The number of aliphatic hydroxyl groups is 1. The zero-order chi connectivity index (χ0) is 20.7. The standard InChI is InChI=1S/C22H24N4O4/c27-13-12-26-20(23-16-8-3-1-6-14(16)21(26)28)17-9-5-11-25(17)22(29)19-15-7-2-4-10-18(15)30-24-19/h1,3,6,8,17,27H,2,4-5,7,9-13H2. The number of benzene rings is 1. The van der Waals surface area contributed by atoms with Gasteiger partial charge in [0, 0.05) is 18.5 Å². The Balaban J connectivity index is 1.57. The number of likely N-dealkylation sites (tertiary alicyclic amines) is 1. The molecule has 1 unspecified atom stereocenters. The molecule has 1 amide bonds. The van der Waals surface area contributed by atoms with Crippen LogP contribution in [0.3, 0.4) is 0 Å². The van der Waals surface area contributed by atoms with Crippen molar-refractivity contribution >= 4 is 16.8 Å². The summed E-state index contributed by atoms with van der Waals surface area (Å²) in [6.07, 6.45) is 5.24. The monoisotopic (exact) mass is 408 g/mol. The van der Waals surface area contributed by atoms with Crippen LogP contribution in [0.2, 0.25) is 0 Å². The molecule has 0 saturated carbocycles. The van der Waals surface area contributed by atoms with E-state index in [0.717, 1.165) is 43.4 Å². The van der Waals surface area contributed by atoms with Crippen molar-refractivity contribution in [2.75, 3.05) is 13.2 Å². The van der Waals surface area contributed by atoms with Crippen molar-refractivity contribution in [1.29, 1.82) is 0 Å². The predicted octanol–water partition coefficient (Wildman–Crippen LogP) is 2.23. The molecule has 1 atom stereocenters. The van der Waals surface area contributed by atoms with E-state index in [0.29, 0.717) is 35.4 Å². The van der Waals surface area contributed by atoms with Crippen LogP contribution in [0.5, 0.6) is 0 Å². The molecule has 2 aliphatic rings. The summed E-state index contributed by atoms with van der Waals surface area (Å²) in [7, 11) is 0. The van der Waals surface area contributed by atoms with Crippen molar-refractivity contribution in [3.63, 3.8) is 0 Å². The molecule has 0 bridgehead atoms. The van der Waals surface area contributed by atoms with Crippen LogP contribution in [0.1, 0.15) is 59.4 Å². The van der Waals surface area contributed by atoms with Gasteiger partial charge in [0.2, 0.25) is 0 Å². The van der Waals surface area contributed by atoms with E-state index in [9.17, 15) is 14.7 Å². The Hall–Kier alpha value is -3.00. The number of amides is 1. The van der Waals surface area contributed by atoms with Gasteiger partial charge in [0.15, 0.2) is 5.69 Å². The van der Waals surface area contributed by atoms with Crippen molar-refractivity contribution in [3.05, 3.63) is 57.5 Å². The van der Waals surface area contributed by atoms with Gasteiger partial charge >= 0.3 is 0 Å². The molecule has 3 aromatic rings. The molecule has 8 nitrogen and oxygen atoms in total. The maximum absolute atomic E-state index is 13.4. The van der Waals surface area contributed by atoms with Crippen molar-refractivity contribution in [3.8, 4) is 0 Å². The highest BCUT2D eigenvalue weighted by Crippen LogP contribution is 2.34. The second kappa shape index (κ2) is 7.68. The number of carbonyl (C=O) groups excluding carboxylic acids is 1. The first-order chi connectivity index (χ1) is 14.7. The third-order valence-corrected chi connectivity index (χ3v) is 6.18. The molecule has 1 aliphatic heterocycles. The van der Waals surface area contributed by atoms with E-state index in [1.54, 1.807) is 23.1 Å². The number of nitrogens with zero attached hydrogens (tertiary/aromatic N) is 4. The molecule has 5 rings (SSSR count). The zero-order valence-electron chi connectivity index (χ0n) is 16.7. The van der Waals surface area contributed by atoms with Gasteiger partial charge in [-0.3, -0.25) is 14.2 Å². The van der Waals surface area contributed by atoms with Gasteiger partial charge in [0.1, 0.15) is 11.6 Å². The molecule has 8 heteroatoms. The minimum Gasteiger partial charge on any atom is -0.395 e. The van der Waals surface area contributed by atoms with E-state index < -0.39 is 0 Å². The zero-order valence-corrected chi connectivity index (χ0v) is 16.7. The summed E-state index contributed by atoms with van der Waals surface area (Å²) in [5.41, 5.74) is 1.73. The van der Waals surface area contributed by atoms with Gasteiger partial charge in [-0.2, -0.15) is 0 Å². The lowest BCUT2D eigenvalue weighted by atomic mass is 9.96. The van der Waals surface area contributed by atoms with E-state index in [2.05, 4.69) is 5.16 Å². The van der Waals surface area contributed by atoms with Crippen molar-refractivity contribution < 1.29 is 14.4 Å². The fourth-order valence-electron chi connectivity index (χ4n) is 4.72. The number of aryl methyl sites for hydroxylation is 1. The molecular formula is C22H24N4O4. The second-order valence-corrected chi connectivity index (χ2v) is 7.96. The van der Waals surface area contributed by atoms with Gasteiger partial charge in [-0.25, -0.2) is 4.98 Å². The summed E-state index contributed by atoms with van der Waals surface area (Å²) in [4.78, 5) is 33.0. The first kappa shape index (κ1) is 19.0. The summed E-state index contributed by atoms with van der Waals surface area (Å²) >= 11 is 0. The van der Waals surface area contributed by atoms with E-state index in [1.807, 2.05) is 6.07 Å². The van der Waals surface area contributed by atoms with E-state index >= 15 is 0 Å². The van der Waals surface area contributed by atoms with Crippen molar-refractivity contribution in [1.82, 2.24) is 19.6 Å². The molecule has 1 fully saturated rings. The van der Waals surface area contributed by atoms with Crippen LogP contribution in [0.4, 0.5) is 0 Å². The Kier molecular flexibility index (Phi) is 4.86. The second-order valence-electron chi connectivity index (χ2n) is 7.96. The fourth-order valence-corrected chi connectivity index (χ4v) is 4.72. The topological polar surface area (TPSA) is 101 Å². The summed E-state index contributed by atoms with van der Waals surface area (Å²) < 4.78 is 6.96. The molecule has 0 radical (unpaired) electrons. The van der Waals surface area contributed by atoms with Crippen molar-refractivity contribution in [2.24, 2.45) is 0 Å². The van der Waals surface area contributed by atoms with Crippen molar-refractivity contribution in [2.45, 2.75) is 51.1 Å². The summed E-state index contributed by atoms with van der Waals surface area (Å²) in [6.45, 7) is 0.543. The number of carbonyl (C=O) groups is 1. The molecule has 1 aliphatic carbocycles. The molecule has 1 saturated heterocycles. The number of rotatable bonds is 4. The predicted molar refractivity (Wildman–Crippen MR) is 109 cm³/mol. The van der Waals surface area contributed by atoms with Gasteiger partial charge in [0.05, 0.1) is 30.1 Å². The Labute approximate surface area is 173 Å². The van der Waals surface area contributed by atoms with Crippen LogP contribution < -0.4 is 5.56 Å². The smallest absolute Gasteiger partial charge is 0.276 e. The summed E-state index contributed by atoms with van der Waals surface area (Å²) in [6, 6.07) is 6.85. The molecular weight excluding hydrogens is 384 g/mol. The Morgan fingerprint density at radius 3 is 2.90 bits per heavy atom. The quantitative estimate of drug-likeness (QED) is 0.710. The third kappa shape index (κ3) is 3.02. The highest BCUT2D eigenvalue weighted by Gasteiger charge is 2.37. The van der Waals surface area contributed by atoms with Crippen LogP contribution >= 0.6 is 0 Å². The number of aromatic nitrogens is 3. The fraction of sp³-hybridized carbons (Fsp3) is 0.455. The molecule has 30 heavy (non-hydrogen) atoms. The average molecular weight is 408 g/mol. The highest BCUT2D eigenvalue weighted by molar-refractivity contribution is 5.94. The Morgan fingerprint density at radius 2 is 2.03 bits per heavy atom. The Morgan fingerprint density at radius 1 is 1.20 bits per heavy atom. The lowest BCUT2D eigenvalue weighted by Crippen LogP contribution is -2.36. The minimum atomic E-state index is -0.336. The first-order valence-corrected chi connectivity index (χ1v) is 10.6. The minimum absolute atomic E-state index is 0.143. The SMILES string of the molecule is O=C(c1noc2c1CCCC2)N1CCCC1c1nc2ccccc2c(=O)n1CCO.